The first-order valence-corrected chi connectivity index (χ1v) is 9.30. The highest BCUT2D eigenvalue weighted by Gasteiger charge is 2.32. The molecule has 0 bridgehead atoms. The summed E-state index contributed by atoms with van der Waals surface area (Å²) in [6.45, 7) is 4.07. The molecule has 0 aliphatic carbocycles. The number of benzene rings is 1. The Labute approximate surface area is 158 Å². The number of aliphatic hydroxyl groups is 1. The predicted molar refractivity (Wildman–Crippen MR) is 101 cm³/mol. The summed E-state index contributed by atoms with van der Waals surface area (Å²) < 4.78 is 0. The quantitative estimate of drug-likeness (QED) is 0.685. The maximum atomic E-state index is 12.2. The predicted octanol–water partition coefficient (Wildman–Crippen LogP) is 1.57. The molecule has 0 saturated carbocycles. The minimum Gasteiger partial charge on any atom is -0.391 e. The molecule has 1 aromatic heterocycles. The van der Waals surface area contributed by atoms with E-state index in [-0.39, 0.29) is 11.8 Å². The molecule has 1 aliphatic rings. The molecule has 3 rings (SSSR count). The number of halogens is 1. The van der Waals surface area contributed by atoms with Crippen molar-refractivity contribution >= 4 is 17.5 Å². The maximum Gasteiger partial charge on any atom is 0.234 e. The summed E-state index contributed by atoms with van der Waals surface area (Å²) in [6, 6.07) is 9.65. The number of nitrogens with zero attached hydrogens (tertiary/aromatic N) is 2. The molecular weight excluding hydrogens is 352 g/mol. The van der Waals surface area contributed by atoms with Gasteiger partial charge in [0.05, 0.1) is 18.3 Å². The van der Waals surface area contributed by atoms with Gasteiger partial charge in [-0.25, -0.2) is 0 Å². The molecule has 2 atom stereocenters. The van der Waals surface area contributed by atoms with Crippen LogP contribution in [0.1, 0.15) is 17.0 Å². The number of carbonyl (C=O) groups excluding carboxylic acids is 1. The Bertz CT molecular complexity index is 749. The van der Waals surface area contributed by atoms with E-state index in [1.807, 2.05) is 42.2 Å². The van der Waals surface area contributed by atoms with Crippen LogP contribution in [0.3, 0.4) is 0 Å². The smallest absolute Gasteiger partial charge is 0.234 e. The molecule has 6 nitrogen and oxygen atoms in total. The summed E-state index contributed by atoms with van der Waals surface area (Å²) in [5, 5.41) is 21.1. The van der Waals surface area contributed by atoms with Crippen molar-refractivity contribution in [3.05, 3.63) is 52.3 Å². The van der Waals surface area contributed by atoms with Gasteiger partial charge in [0.25, 0.3) is 0 Å². The van der Waals surface area contributed by atoms with Crippen molar-refractivity contribution in [1.82, 2.24) is 20.4 Å². The molecule has 1 aliphatic heterocycles. The number of hydrogen-bond donors (Lipinski definition) is 3. The van der Waals surface area contributed by atoms with Gasteiger partial charge in [-0.2, -0.15) is 5.10 Å². The number of H-pyrrole nitrogens is 1. The molecular formula is C19H25ClN4O2. The van der Waals surface area contributed by atoms with Crippen molar-refractivity contribution in [3.63, 3.8) is 0 Å². The molecule has 1 saturated heterocycles. The van der Waals surface area contributed by atoms with Gasteiger partial charge in [0, 0.05) is 36.3 Å². The SMILES string of the molecule is Cc1cc(C[C@@H]2CN(CC(=O)NCCc3cccc(Cl)c3)C[C@@H]2O)n[nH]1. The number of hydrogen-bond acceptors (Lipinski definition) is 4. The standard InChI is InChI=1S/C19H25ClN4O2/c1-13-7-17(23-22-13)9-15-10-24(11-18(15)25)12-19(26)21-6-5-14-3-2-4-16(20)8-14/h2-4,7-8,15,18,25H,5-6,9-12H2,1H3,(H,21,26)(H,22,23)/t15-,18+/m1/s1. The number of likely N-dealkylation sites (tertiary alicyclic amines) is 1. The molecule has 140 valence electrons. The first-order valence-electron chi connectivity index (χ1n) is 8.92. The number of β-amino-alcohol motifs (C(OH)–C–C–N with tert-alkyl or cyclic N) is 1. The van der Waals surface area contributed by atoms with Gasteiger partial charge in [0.15, 0.2) is 0 Å². The third-order valence-electron chi connectivity index (χ3n) is 4.70. The first kappa shape index (κ1) is 18.9. The van der Waals surface area contributed by atoms with Crippen LogP contribution in [-0.4, -0.2) is 58.4 Å². The van der Waals surface area contributed by atoms with E-state index >= 15 is 0 Å². The van der Waals surface area contributed by atoms with E-state index in [0.29, 0.717) is 31.2 Å². The zero-order valence-electron chi connectivity index (χ0n) is 14.9. The Balaban J connectivity index is 1.40. The number of carbonyl (C=O) groups is 1. The van der Waals surface area contributed by atoms with Gasteiger partial charge in [-0.05, 0) is 43.5 Å². The van der Waals surface area contributed by atoms with Crippen LogP contribution in [0.2, 0.25) is 5.02 Å². The lowest BCUT2D eigenvalue weighted by Crippen LogP contribution is -2.37. The Morgan fingerprint density at radius 3 is 3.00 bits per heavy atom. The molecule has 0 radical (unpaired) electrons. The summed E-state index contributed by atoms with van der Waals surface area (Å²) in [4.78, 5) is 14.2. The average molecular weight is 377 g/mol. The molecule has 2 aromatic rings. The van der Waals surface area contributed by atoms with E-state index in [1.165, 1.54) is 0 Å². The summed E-state index contributed by atoms with van der Waals surface area (Å²) >= 11 is 5.96. The van der Waals surface area contributed by atoms with Gasteiger partial charge in [-0.3, -0.25) is 14.8 Å². The lowest BCUT2D eigenvalue weighted by molar-refractivity contribution is -0.122. The zero-order chi connectivity index (χ0) is 18.5. The van der Waals surface area contributed by atoms with Gasteiger partial charge < -0.3 is 10.4 Å². The van der Waals surface area contributed by atoms with E-state index in [9.17, 15) is 9.90 Å². The van der Waals surface area contributed by atoms with Crippen molar-refractivity contribution in [2.75, 3.05) is 26.2 Å². The van der Waals surface area contributed by atoms with Crippen LogP contribution in [0.5, 0.6) is 0 Å². The zero-order valence-corrected chi connectivity index (χ0v) is 15.7. The van der Waals surface area contributed by atoms with Crippen molar-refractivity contribution in [3.8, 4) is 0 Å². The van der Waals surface area contributed by atoms with Gasteiger partial charge in [-0.1, -0.05) is 23.7 Å². The Hall–Kier alpha value is -1.89. The molecule has 1 aromatic carbocycles. The highest BCUT2D eigenvalue weighted by molar-refractivity contribution is 6.30. The fourth-order valence-corrected chi connectivity index (χ4v) is 3.63. The monoisotopic (exact) mass is 376 g/mol. The van der Waals surface area contributed by atoms with Crippen LogP contribution in [0.25, 0.3) is 0 Å². The number of aliphatic hydroxyl groups excluding tert-OH is 1. The van der Waals surface area contributed by atoms with E-state index in [0.717, 1.165) is 29.8 Å². The lowest BCUT2D eigenvalue weighted by atomic mass is 10.0. The molecule has 3 N–H and O–H groups in total. The van der Waals surface area contributed by atoms with E-state index < -0.39 is 6.10 Å². The minimum atomic E-state index is -0.425. The highest BCUT2D eigenvalue weighted by Crippen LogP contribution is 2.20. The van der Waals surface area contributed by atoms with Crippen LogP contribution in [0, 0.1) is 12.8 Å². The molecule has 1 fully saturated rings. The van der Waals surface area contributed by atoms with Crippen molar-refractivity contribution < 1.29 is 9.90 Å². The number of amides is 1. The molecule has 0 spiro atoms. The number of aryl methyl sites for hydroxylation is 1. The number of aromatic nitrogens is 2. The third kappa shape index (κ3) is 5.30. The molecule has 0 unspecified atom stereocenters. The average Bonchev–Trinajstić information content (AvgIpc) is 3.13. The van der Waals surface area contributed by atoms with Gasteiger partial charge in [0.2, 0.25) is 5.91 Å². The fourth-order valence-electron chi connectivity index (χ4n) is 3.42. The third-order valence-corrected chi connectivity index (χ3v) is 4.94. The van der Waals surface area contributed by atoms with Crippen molar-refractivity contribution in [2.24, 2.45) is 5.92 Å². The van der Waals surface area contributed by atoms with E-state index in [4.69, 9.17) is 11.6 Å². The van der Waals surface area contributed by atoms with E-state index in [1.54, 1.807) is 0 Å². The number of rotatable bonds is 7. The van der Waals surface area contributed by atoms with Gasteiger partial charge >= 0.3 is 0 Å². The largest absolute Gasteiger partial charge is 0.391 e. The summed E-state index contributed by atoms with van der Waals surface area (Å²) in [6.07, 6.45) is 1.04. The summed E-state index contributed by atoms with van der Waals surface area (Å²) in [5.41, 5.74) is 3.08. The molecule has 2 heterocycles. The van der Waals surface area contributed by atoms with Gasteiger partial charge in [-0.15, -0.1) is 0 Å². The van der Waals surface area contributed by atoms with Crippen LogP contribution in [0.15, 0.2) is 30.3 Å². The second-order valence-corrected chi connectivity index (χ2v) is 7.43. The number of aromatic amines is 1. The fraction of sp³-hybridized carbons (Fsp3) is 0.474. The summed E-state index contributed by atoms with van der Waals surface area (Å²) in [5.74, 6) is 0.0902. The topological polar surface area (TPSA) is 81.2 Å². The minimum absolute atomic E-state index is 0.0181. The Morgan fingerprint density at radius 2 is 2.27 bits per heavy atom. The van der Waals surface area contributed by atoms with Crippen LogP contribution in [0.4, 0.5) is 0 Å². The normalized spacial score (nSPS) is 20.4. The van der Waals surface area contributed by atoms with Gasteiger partial charge in [0.1, 0.15) is 0 Å². The first-order chi connectivity index (χ1) is 12.5. The number of nitrogens with one attached hydrogen (secondary N) is 2. The molecule has 26 heavy (non-hydrogen) atoms. The van der Waals surface area contributed by atoms with E-state index in [2.05, 4.69) is 15.5 Å². The van der Waals surface area contributed by atoms with Crippen LogP contribution < -0.4 is 5.32 Å². The second-order valence-electron chi connectivity index (χ2n) is 7.00. The molecule has 1 amide bonds. The summed E-state index contributed by atoms with van der Waals surface area (Å²) in [7, 11) is 0. The highest BCUT2D eigenvalue weighted by atomic mass is 35.5. The van der Waals surface area contributed by atoms with Crippen molar-refractivity contribution in [2.45, 2.75) is 25.9 Å². The van der Waals surface area contributed by atoms with Crippen molar-refractivity contribution in [1.29, 1.82) is 0 Å². The second kappa shape index (κ2) is 8.66. The van der Waals surface area contributed by atoms with Crippen LogP contribution in [-0.2, 0) is 17.6 Å². The lowest BCUT2D eigenvalue weighted by Gasteiger charge is -2.15. The Morgan fingerprint density at radius 1 is 1.42 bits per heavy atom. The van der Waals surface area contributed by atoms with Crippen LogP contribution >= 0.6 is 11.6 Å². The Kier molecular flexibility index (Phi) is 6.29. The maximum absolute atomic E-state index is 12.2. The molecule has 7 heteroatoms.